The molecule has 0 bridgehead atoms. The Balaban J connectivity index is 1.73. The lowest BCUT2D eigenvalue weighted by atomic mass is 10.2. The number of rotatable bonds is 7. The van der Waals surface area contributed by atoms with Crippen LogP contribution in [0.2, 0.25) is 5.02 Å². The zero-order valence-electron chi connectivity index (χ0n) is 18.6. The summed E-state index contributed by atoms with van der Waals surface area (Å²) < 4.78 is 36.8. The number of hydrogen-bond acceptors (Lipinski definition) is 7. The van der Waals surface area contributed by atoms with E-state index in [0.717, 1.165) is 17.5 Å². The number of anilines is 1. The first-order valence-electron chi connectivity index (χ1n) is 10.6. The largest absolute Gasteiger partial charge is 0.494 e. The summed E-state index contributed by atoms with van der Waals surface area (Å²) in [4.78, 5) is 20.0. The van der Waals surface area contributed by atoms with Gasteiger partial charge in [0.15, 0.2) is 15.0 Å². The summed E-state index contributed by atoms with van der Waals surface area (Å²) in [6.45, 7) is 4.26. The normalized spacial score (nSPS) is 16.5. The van der Waals surface area contributed by atoms with Crippen molar-refractivity contribution in [2.75, 3.05) is 25.2 Å². The lowest BCUT2D eigenvalue weighted by Gasteiger charge is -2.23. The van der Waals surface area contributed by atoms with E-state index in [9.17, 15) is 13.2 Å². The number of sulfone groups is 1. The van der Waals surface area contributed by atoms with Gasteiger partial charge >= 0.3 is 0 Å². The summed E-state index contributed by atoms with van der Waals surface area (Å²) in [7, 11) is -1.86. The second-order valence-electron chi connectivity index (χ2n) is 8.09. The van der Waals surface area contributed by atoms with Gasteiger partial charge in [0, 0.05) is 12.2 Å². The summed E-state index contributed by atoms with van der Waals surface area (Å²) in [6, 6.07) is 9.53. The van der Waals surface area contributed by atoms with E-state index < -0.39 is 15.1 Å². The van der Waals surface area contributed by atoms with Crippen molar-refractivity contribution in [3.63, 3.8) is 0 Å². The van der Waals surface area contributed by atoms with Crippen LogP contribution in [0.15, 0.2) is 41.3 Å². The molecule has 1 unspecified atom stereocenters. The second-order valence-corrected chi connectivity index (χ2v) is 12.0. The third-order valence-corrected chi connectivity index (χ3v) is 9.31. The zero-order chi connectivity index (χ0) is 23.8. The quantitative estimate of drug-likeness (QED) is 0.448. The number of fused-ring (bicyclic) bond motifs is 1. The highest BCUT2D eigenvalue weighted by atomic mass is 35.5. The Kier molecular flexibility index (Phi) is 6.95. The summed E-state index contributed by atoms with van der Waals surface area (Å²) >= 11 is 7.70. The van der Waals surface area contributed by atoms with Crippen LogP contribution in [0.4, 0.5) is 5.13 Å². The number of amides is 1. The molecule has 1 amide bonds. The number of hydrogen-bond donors (Lipinski definition) is 0. The van der Waals surface area contributed by atoms with Gasteiger partial charge < -0.3 is 9.47 Å². The van der Waals surface area contributed by atoms with Crippen LogP contribution in [0.3, 0.4) is 0 Å². The molecule has 0 aliphatic carbocycles. The average molecular weight is 509 g/mol. The standard InChI is InChI=1S/C23H25ClN2O5S2/c1-14(2)33(28,29)17-8-6-15(7-9-17)22(27)26(13-16-5-4-12-31-16)23-25-20-19(30-3)11-10-18(24)21(20)32-23/h6-11,14,16H,4-5,12-13H2,1-3H3. The summed E-state index contributed by atoms with van der Waals surface area (Å²) in [5.74, 6) is 0.290. The number of nitrogens with zero attached hydrogens (tertiary/aromatic N) is 2. The number of benzene rings is 2. The van der Waals surface area contributed by atoms with Crippen molar-refractivity contribution in [2.45, 2.75) is 42.9 Å². The number of halogens is 1. The van der Waals surface area contributed by atoms with Crippen LogP contribution in [0.5, 0.6) is 5.75 Å². The van der Waals surface area contributed by atoms with Gasteiger partial charge in [0.1, 0.15) is 11.3 Å². The molecule has 10 heteroatoms. The van der Waals surface area contributed by atoms with Crippen molar-refractivity contribution in [1.82, 2.24) is 4.98 Å². The van der Waals surface area contributed by atoms with Gasteiger partial charge in [-0.05, 0) is 63.1 Å². The number of aromatic nitrogens is 1. The Labute approximate surface area is 202 Å². The van der Waals surface area contributed by atoms with E-state index in [1.165, 1.54) is 23.5 Å². The number of thiazole rings is 1. The molecular formula is C23H25ClN2O5S2. The van der Waals surface area contributed by atoms with Crippen molar-refractivity contribution in [2.24, 2.45) is 0 Å². The topological polar surface area (TPSA) is 85.8 Å². The Morgan fingerprint density at radius 1 is 1.27 bits per heavy atom. The molecule has 0 spiro atoms. The molecule has 0 radical (unpaired) electrons. The van der Waals surface area contributed by atoms with Crippen molar-refractivity contribution in [3.8, 4) is 5.75 Å². The zero-order valence-corrected chi connectivity index (χ0v) is 21.0. The summed E-state index contributed by atoms with van der Waals surface area (Å²) in [5.41, 5.74) is 0.960. The molecule has 7 nitrogen and oxygen atoms in total. The Morgan fingerprint density at radius 2 is 2.00 bits per heavy atom. The monoisotopic (exact) mass is 508 g/mol. The third-order valence-electron chi connectivity index (χ3n) is 5.60. The first kappa shape index (κ1) is 23.9. The molecule has 0 saturated carbocycles. The average Bonchev–Trinajstić information content (AvgIpc) is 3.48. The number of carbonyl (C=O) groups excluding carboxylic acids is 1. The predicted octanol–water partition coefficient (Wildman–Crippen LogP) is 4.97. The highest BCUT2D eigenvalue weighted by Gasteiger charge is 2.28. The first-order valence-corrected chi connectivity index (χ1v) is 13.4. The molecule has 1 aliphatic rings. The number of ether oxygens (including phenoxy) is 2. The van der Waals surface area contributed by atoms with Crippen LogP contribution in [-0.2, 0) is 14.6 Å². The Bertz CT molecular complexity index is 1270. The first-order chi connectivity index (χ1) is 15.7. The van der Waals surface area contributed by atoms with Crippen LogP contribution >= 0.6 is 22.9 Å². The fraction of sp³-hybridized carbons (Fsp3) is 0.391. The summed E-state index contributed by atoms with van der Waals surface area (Å²) in [6.07, 6.45) is 1.69. The maximum Gasteiger partial charge on any atom is 0.260 e. The van der Waals surface area contributed by atoms with E-state index in [-0.39, 0.29) is 16.9 Å². The smallest absolute Gasteiger partial charge is 0.260 e. The maximum absolute atomic E-state index is 13.6. The van der Waals surface area contributed by atoms with Crippen molar-refractivity contribution in [1.29, 1.82) is 0 Å². The molecule has 4 rings (SSSR count). The molecule has 1 aromatic heterocycles. The molecule has 2 aromatic carbocycles. The van der Waals surface area contributed by atoms with Gasteiger partial charge in [-0.15, -0.1) is 0 Å². The number of carbonyl (C=O) groups is 1. The third kappa shape index (κ3) is 4.73. The van der Waals surface area contributed by atoms with E-state index in [4.69, 9.17) is 21.1 Å². The molecule has 33 heavy (non-hydrogen) atoms. The molecule has 176 valence electrons. The van der Waals surface area contributed by atoms with E-state index in [2.05, 4.69) is 4.98 Å². The van der Waals surface area contributed by atoms with Gasteiger partial charge in [-0.2, -0.15) is 0 Å². The van der Waals surface area contributed by atoms with Gasteiger partial charge in [-0.25, -0.2) is 13.4 Å². The minimum Gasteiger partial charge on any atom is -0.494 e. The van der Waals surface area contributed by atoms with E-state index >= 15 is 0 Å². The van der Waals surface area contributed by atoms with Crippen LogP contribution < -0.4 is 9.64 Å². The van der Waals surface area contributed by atoms with Crippen LogP contribution in [0.25, 0.3) is 10.2 Å². The fourth-order valence-corrected chi connectivity index (χ4v) is 6.00. The van der Waals surface area contributed by atoms with Gasteiger partial charge in [0.25, 0.3) is 5.91 Å². The minimum atomic E-state index is -3.42. The molecule has 1 saturated heterocycles. The molecule has 1 aliphatic heterocycles. The predicted molar refractivity (Wildman–Crippen MR) is 131 cm³/mol. The maximum atomic E-state index is 13.6. The lowest BCUT2D eigenvalue weighted by Crippen LogP contribution is -2.37. The van der Waals surface area contributed by atoms with E-state index in [1.54, 1.807) is 50.1 Å². The number of methoxy groups -OCH3 is 1. The molecule has 0 N–H and O–H groups in total. The van der Waals surface area contributed by atoms with Crippen molar-refractivity contribution >= 4 is 54.0 Å². The van der Waals surface area contributed by atoms with E-state index in [0.29, 0.717) is 40.1 Å². The SMILES string of the molecule is COc1ccc(Cl)c2sc(N(CC3CCCO3)C(=O)c3ccc(S(=O)(=O)C(C)C)cc3)nc12. The molecule has 2 heterocycles. The molecule has 1 atom stereocenters. The lowest BCUT2D eigenvalue weighted by molar-refractivity contribution is 0.0917. The highest BCUT2D eigenvalue weighted by Crippen LogP contribution is 2.39. The molecular weight excluding hydrogens is 484 g/mol. The van der Waals surface area contributed by atoms with Crippen molar-refractivity contribution < 1.29 is 22.7 Å². The van der Waals surface area contributed by atoms with Gasteiger partial charge in [-0.1, -0.05) is 22.9 Å². The fourth-order valence-electron chi connectivity index (χ4n) is 3.68. The van der Waals surface area contributed by atoms with E-state index in [1.807, 2.05) is 0 Å². The van der Waals surface area contributed by atoms with Crippen molar-refractivity contribution in [3.05, 3.63) is 47.0 Å². The highest BCUT2D eigenvalue weighted by molar-refractivity contribution is 7.92. The minimum absolute atomic E-state index is 0.0982. The summed E-state index contributed by atoms with van der Waals surface area (Å²) in [5, 5.41) is 0.468. The van der Waals surface area contributed by atoms with Crippen LogP contribution in [0, 0.1) is 0 Å². The second kappa shape index (κ2) is 9.58. The van der Waals surface area contributed by atoms with Crippen LogP contribution in [0.1, 0.15) is 37.0 Å². The molecule has 3 aromatic rings. The van der Waals surface area contributed by atoms with Crippen LogP contribution in [-0.4, -0.2) is 50.9 Å². The Morgan fingerprint density at radius 3 is 2.61 bits per heavy atom. The van der Waals surface area contributed by atoms with Gasteiger partial charge in [-0.3, -0.25) is 9.69 Å². The Hall–Kier alpha value is -2.20. The van der Waals surface area contributed by atoms with Gasteiger partial charge in [0.2, 0.25) is 0 Å². The van der Waals surface area contributed by atoms with Gasteiger partial charge in [0.05, 0.1) is 39.6 Å². The molecule has 1 fully saturated rings.